The van der Waals surface area contributed by atoms with E-state index in [1.807, 2.05) is 0 Å². The smallest absolute Gasteiger partial charge is 0.306 e. The Kier molecular flexibility index (Phi) is 39.9. The van der Waals surface area contributed by atoms with E-state index in [0.29, 0.717) is 19.3 Å². The zero-order chi connectivity index (χ0) is 37.3. The first kappa shape index (κ1) is 49.4. The Balaban J connectivity index is 4.08. The predicted octanol–water partition coefficient (Wildman–Crippen LogP) is 14.1. The number of esters is 3. The van der Waals surface area contributed by atoms with Gasteiger partial charge in [0, 0.05) is 19.3 Å². The average molecular weight is 723 g/mol. The molecule has 0 aromatic rings. The van der Waals surface area contributed by atoms with Gasteiger partial charge in [-0.05, 0) is 19.3 Å². The Hall–Kier alpha value is -1.59. The molecule has 1 atom stereocenters. The molecule has 0 saturated heterocycles. The van der Waals surface area contributed by atoms with Crippen molar-refractivity contribution in [3.63, 3.8) is 0 Å². The summed E-state index contributed by atoms with van der Waals surface area (Å²) in [4.78, 5) is 37.4. The molecule has 302 valence electrons. The zero-order valence-electron chi connectivity index (χ0n) is 34.4. The largest absolute Gasteiger partial charge is 0.462 e. The summed E-state index contributed by atoms with van der Waals surface area (Å²) in [5.41, 5.74) is 0. The predicted molar refractivity (Wildman–Crippen MR) is 215 cm³/mol. The molecule has 0 fully saturated rings. The van der Waals surface area contributed by atoms with Crippen LogP contribution in [0.5, 0.6) is 0 Å². The Morgan fingerprint density at radius 3 is 0.784 bits per heavy atom. The quantitative estimate of drug-likeness (QED) is 0.0355. The number of hydrogen-bond donors (Lipinski definition) is 0. The maximum absolute atomic E-state index is 12.6. The highest BCUT2D eigenvalue weighted by Gasteiger charge is 2.19. The van der Waals surface area contributed by atoms with Crippen LogP contribution in [-0.2, 0) is 28.6 Å². The van der Waals surface area contributed by atoms with Crippen molar-refractivity contribution >= 4 is 17.9 Å². The molecule has 0 saturated carbocycles. The molecule has 0 radical (unpaired) electrons. The summed E-state index contributed by atoms with van der Waals surface area (Å²) in [6.45, 7) is 6.57. The third kappa shape index (κ3) is 39.5. The lowest BCUT2D eigenvalue weighted by molar-refractivity contribution is -0.167. The minimum absolute atomic E-state index is 0.0641. The molecule has 0 rings (SSSR count). The van der Waals surface area contributed by atoms with Crippen LogP contribution >= 0.6 is 0 Å². The van der Waals surface area contributed by atoms with Crippen molar-refractivity contribution in [3.8, 4) is 0 Å². The summed E-state index contributed by atoms with van der Waals surface area (Å²) in [5.74, 6) is -0.868. The van der Waals surface area contributed by atoms with Gasteiger partial charge in [0.1, 0.15) is 13.2 Å². The van der Waals surface area contributed by atoms with Gasteiger partial charge in [-0.2, -0.15) is 0 Å². The molecule has 0 aromatic heterocycles. The van der Waals surface area contributed by atoms with Crippen molar-refractivity contribution in [3.05, 3.63) is 0 Å². The molecule has 0 bridgehead atoms. The molecule has 6 heteroatoms. The van der Waals surface area contributed by atoms with E-state index in [1.54, 1.807) is 0 Å². The maximum atomic E-state index is 12.6. The topological polar surface area (TPSA) is 78.9 Å². The molecule has 1 unspecified atom stereocenters. The number of carbonyl (C=O) groups excluding carboxylic acids is 3. The fourth-order valence-corrected chi connectivity index (χ4v) is 6.68. The molecule has 0 aromatic carbocycles. The number of rotatable bonds is 41. The standard InChI is InChI=1S/C45H86O6/c1-4-7-10-13-16-18-19-20-21-22-23-24-25-26-27-28-30-32-35-38-44(47)50-41-42(40-49-43(46)37-34-31-15-12-9-6-3)51-45(48)39-36-33-29-17-14-11-8-5-2/h42H,4-41H2,1-3H3. The lowest BCUT2D eigenvalue weighted by Gasteiger charge is -2.18. The molecule has 51 heavy (non-hydrogen) atoms. The van der Waals surface area contributed by atoms with Gasteiger partial charge in [0.2, 0.25) is 0 Å². The molecule has 0 N–H and O–H groups in total. The third-order valence-electron chi connectivity index (χ3n) is 10.1. The zero-order valence-corrected chi connectivity index (χ0v) is 34.4. The second-order valence-electron chi connectivity index (χ2n) is 15.3. The number of unbranched alkanes of at least 4 members (excludes halogenated alkanes) is 30. The van der Waals surface area contributed by atoms with E-state index in [2.05, 4.69) is 20.8 Å². The van der Waals surface area contributed by atoms with Crippen molar-refractivity contribution in [2.75, 3.05) is 13.2 Å². The first-order chi connectivity index (χ1) is 25.0. The Labute approximate surface area is 317 Å². The lowest BCUT2D eigenvalue weighted by atomic mass is 10.0. The molecule has 0 amide bonds. The van der Waals surface area contributed by atoms with Crippen LogP contribution in [0, 0.1) is 0 Å². The summed E-state index contributed by atoms with van der Waals surface area (Å²) >= 11 is 0. The van der Waals surface area contributed by atoms with Gasteiger partial charge in [-0.3, -0.25) is 14.4 Å². The summed E-state index contributed by atoms with van der Waals surface area (Å²) in [7, 11) is 0. The Morgan fingerprint density at radius 1 is 0.314 bits per heavy atom. The van der Waals surface area contributed by atoms with Gasteiger partial charge in [-0.15, -0.1) is 0 Å². The van der Waals surface area contributed by atoms with Crippen LogP contribution in [-0.4, -0.2) is 37.2 Å². The van der Waals surface area contributed by atoms with Crippen molar-refractivity contribution in [2.24, 2.45) is 0 Å². The summed E-state index contributed by atoms with van der Waals surface area (Å²) in [6.07, 6.45) is 41.2. The summed E-state index contributed by atoms with van der Waals surface area (Å²) < 4.78 is 16.6. The molecule has 0 aliphatic carbocycles. The average Bonchev–Trinajstić information content (AvgIpc) is 3.13. The van der Waals surface area contributed by atoms with Crippen molar-refractivity contribution in [1.82, 2.24) is 0 Å². The summed E-state index contributed by atoms with van der Waals surface area (Å²) in [5, 5.41) is 0. The highest BCUT2D eigenvalue weighted by atomic mass is 16.6. The molecule has 6 nitrogen and oxygen atoms in total. The van der Waals surface area contributed by atoms with E-state index in [-0.39, 0.29) is 31.1 Å². The van der Waals surface area contributed by atoms with Gasteiger partial charge in [0.25, 0.3) is 0 Å². The second kappa shape index (κ2) is 41.2. The van der Waals surface area contributed by atoms with Crippen molar-refractivity contribution < 1.29 is 28.6 Å². The molecule has 0 heterocycles. The molecule has 0 spiro atoms. The molecular formula is C45H86O6. The van der Waals surface area contributed by atoms with Crippen LogP contribution in [0.4, 0.5) is 0 Å². The van der Waals surface area contributed by atoms with Crippen molar-refractivity contribution in [2.45, 2.75) is 258 Å². The normalized spacial score (nSPS) is 11.8. The van der Waals surface area contributed by atoms with Crippen LogP contribution in [0.25, 0.3) is 0 Å². The molecular weight excluding hydrogens is 636 g/mol. The first-order valence-corrected chi connectivity index (χ1v) is 22.5. The van der Waals surface area contributed by atoms with E-state index >= 15 is 0 Å². The monoisotopic (exact) mass is 723 g/mol. The minimum atomic E-state index is -0.755. The van der Waals surface area contributed by atoms with E-state index in [0.717, 1.165) is 57.8 Å². The van der Waals surface area contributed by atoms with Gasteiger partial charge in [-0.1, -0.05) is 213 Å². The molecule has 0 aliphatic rings. The number of hydrogen-bond acceptors (Lipinski definition) is 6. The van der Waals surface area contributed by atoms with E-state index in [1.165, 1.54) is 154 Å². The molecule has 0 aliphatic heterocycles. The van der Waals surface area contributed by atoms with Crippen LogP contribution < -0.4 is 0 Å². The van der Waals surface area contributed by atoms with E-state index in [4.69, 9.17) is 14.2 Å². The van der Waals surface area contributed by atoms with Gasteiger partial charge >= 0.3 is 17.9 Å². The van der Waals surface area contributed by atoms with Crippen LogP contribution in [0.3, 0.4) is 0 Å². The van der Waals surface area contributed by atoms with Crippen LogP contribution in [0.1, 0.15) is 252 Å². The fraction of sp³-hybridized carbons (Fsp3) is 0.933. The van der Waals surface area contributed by atoms with Gasteiger partial charge in [0.15, 0.2) is 6.10 Å². The summed E-state index contributed by atoms with van der Waals surface area (Å²) in [6, 6.07) is 0. The van der Waals surface area contributed by atoms with Gasteiger partial charge in [0.05, 0.1) is 0 Å². The van der Waals surface area contributed by atoms with Crippen molar-refractivity contribution in [1.29, 1.82) is 0 Å². The highest BCUT2D eigenvalue weighted by Crippen LogP contribution is 2.16. The van der Waals surface area contributed by atoms with Crippen LogP contribution in [0.15, 0.2) is 0 Å². The fourth-order valence-electron chi connectivity index (χ4n) is 6.68. The lowest BCUT2D eigenvalue weighted by Crippen LogP contribution is -2.30. The second-order valence-corrected chi connectivity index (χ2v) is 15.3. The van der Waals surface area contributed by atoms with E-state index < -0.39 is 6.10 Å². The number of ether oxygens (including phenoxy) is 3. The number of carbonyl (C=O) groups is 3. The van der Waals surface area contributed by atoms with Gasteiger partial charge in [-0.25, -0.2) is 0 Å². The SMILES string of the molecule is CCCCCCCCCCCCCCCCCCCCCC(=O)OCC(COC(=O)CCCCCCCC)OC(=O)CCCCCCCCCC. The Bertz CT molecular complexity index is 753. The third-order valence-corrected chi connectivity index (χ3v) is 10.1. The van der Waals surface area contributed by atoms with Crippen LogP contribution in [0.2, 0.25) is 0 Å². The first-order valence-electron chi connectivity index (χ1n) is 22.5. The van der Waals surface area contributed by atoms with E-state index in [9.17, 15) is 14.4 Å². The minimum Gasteiger partial charge on any atom is -0.462 e. The van der Waals surface area contributed by atoms with Gasteiger partial charge < -0.3 is 14.2 Å². The maximum Gasteiger partial charge on any atom is 0.306 e. The Morgan fingerprint density at radius 2 is 0.529 bits per heavy atom. The highest BCUT2D eigenvalue weighted by molar-refractivity contribution is 5.71.